The van der Waals surface area contributed by atoms with Crippen molar-refractivity contribution in [2.45, 2.75) is 25.4 Å². The maximum atomic E-state index is 13.2. The summed E-state index contributed by atoms with van der Waals surface area (Å²) in [6.45, 7) is 2.00. The van der Waals surface area contributed by atoms with E-state index in [-0.39, 0.29) is 19.2 Å². The Labute approximate surface area is 182 Å². The van der Waals surface area contributed by atoms with E-state index in [4.69, 9.17) is 18.9 Å². The molecule has 9 heteroatoms. The molecule has 1 fully saturated rings. The topological polar surface area (TPSA) is 86.3 Å². The van der Waals surface area contributed by atoms with E-state index in [1.165, 1.54) is 12.0 Å². The third kappa shape index (κ3) is 3.54. The third-order valence-electron chi connectivity index (χ3n) is 5.22. The van der Waals surface area contributed by atoms with Crippen molar-refractivity contribution in [3.05, 3.63) is 45.9 Å². The number of hydrogen-bond donors (Lipinski definition) is 1. The van der Waals surface area contributed by atoms with E-state index in [2.05, 4.69) is 21.2 Å². The van der Waals surface area contributed by atoms with Crippen LogP contribution in [-0.2, 0) is 17.8 Å². The van der Waals surface area contributed by atoms with Gasteiger partial charge in [0.2, 0.25) is 6.79 Å². The average Bonchev–Trinajstić information content (AvgIpc) is 3.26. The van der Waals surface area contributed by atoms with Gasteiger partial charge in [-0.05, 0) is 42.3 Å². The molecule has 4 rings (SSSR count). The van der Waals surface area contributed by atoms with E-state index < -0.39 is 11.6 Å². The predicted molar refractivity (Wildman–Crippen MR) is 111 cm³/mol. The fourth-order valence-corrected chi connectivity index (χ4v) is 4.11. The van der Waals surface area contributed by atoms with Crippen molar-refractivity contribution < 1.29 is 28.5 Å². The van der Waals surface area contributed by atoms with E-state index in [1.54, 1.807) is 32.2 Å². The quantitative estimate of drug-likeness (QED) is 0.644. The first-order valence-electron chi connectivity index (χ1n) is 9.27. The van der Waals surface area contributed by atoms with Crippen LogP contribution in [-0.4, -0.2) is 43.4 Å². The molecule has 1 N–H and O–H groups in total. The van der Waals surface area contributed by atoms with E-state index >= 15 is 0 Å². The lowest BCUT2D eigenvalue weighted by Gasteiger charge is -2.22. The summed E-state index contributed by atoms with van der Waals surface area (Å²) in [5.41, 5.74) is 0.529. The van der Waals surface area contributed by atoms with Gasteiger partial charge in [-0.1, -0.05) is 22.0 Å². The first-order chi connectivity index (χ1) is 14.3. The molecule has 8 nitrogen and oxygen atoms in total. The fraction of sp³-hybridized carbons (Fsp3) is 0.333. The number of amides is 3. The summed E-state index contributed by atoms with van der Waals surface area (Å²) in [5.74, 6) is 2.08. The number of carbonyl (C=O) groups is 2. The molecule has 0 spiro atoms. The lowest BCUT2D eigenvalue weighted by atomic mass is 9.92. The number of nitrogens with zero attached hydrogens (tertiary/aromatic N) is 1. The minimum absolute atomic E-state index is 0.0995. The maximum Gasteiger partial charge on any atom is 0.325 e. The number of fused-ring (bicyclic) bond motifs is 1. The van der Waals surface area contributed by atoms with Crippen LogP contribution in [0.1, 0.15) is 18.1 Å². The van der Waals surface area contributed by atoms with Crippen LogP contribution in [0.2, 0.25) is 0 Å². The summed E-state index contributed by atoms with van der Waals surface area (Å²) in [6.07, 6.45) is 0.331. The first kappa shape index (κ1) is 20.3. The van der Waals surface area contributed by atoms with Gasteiger partial charge in [0, 0.05) is 10.9 Å². The van der Waals surface area contributed by atoms with Gasteiger partial charge in [0.15, 0.2) is 23.0 Å². The molecule has 0 aliphatic carbocycles. The zero-order valence-corrected chi connectivity index (χ0v) is 18.4. The van der Waals surface area contributed by atoms with E-state index in [0.29, 0.717) is 33.9 Å². The second-order valence-electron chi connectivity index (χ2n) is 7.32. The van der Waals surface area contributed by atoms with Gasteiger partial charge in [-0.15, -0.1) is 0 Å². The standard InChI is InChI=1S/C21H21BrN2O6/c1-21(9-12-4-5-15-18(6-12)30-11-29-15)19(25)24(20(26)23-21)10-13-7-16(27-2)17(28-3)8-14(13)22/h4-8H,9-11H2,1-3H3,(H,23,26). The number of methoxy groups -OCH3 is 2. The Bertz CT molecular complexity index is 1030. The fourth-order valence-electron chi connectivity index (χ4n) is 3.66. The highest BCUT2D eigenvalue weighted by Gasteiger charge is 2.47. The number of carbonyl (C=O) groups excluding carboxylic acids is 2. The van der Waals surface area contributed by atoms with Crippen molar-refractivity contribution in [1.82, 2.24) is 10.2 Å². The Morgan fingerprint density at radius 1 is 1.10 bits per heavy atom. The van der Waals surface area contributed by atoms with Crippen LogP contribution in [0.5, 0.6) is 23.0 Å². The van der Waals surface area contributed by atoms with Gasteiger partial charge in [-0.25, -0.2) is 4.79 Å². The second kappa shape index (κ2) is 7.71. The Balaban J connectivity index is 1.55. The molecular weight excluding hydrogens is 456 g/mol. The van der Waals surface area contributed by atoms with Crippen molar-refractivity contribution in [2.75, 3.05) is 21.0 Å². The molecule has 1 saturated heterocycles. The number of urea groups is 1. The van der Waals surface area contributed by atoms with E-state index in [0.717, 1.165) is 11.1 Å². The van der Waals surface area contributed by atoms with Crippen molar-refractivity contribution in [2.24, 2.45) is 0 Å². The van der Waals surface area contributed by atoms with Crippen molar-refractivity contribution in [1.29, 1.82) is 0 Å². The van der Waals surface area contributed by atoms with Gasteiger partial charge >= 0.3 is 6.03 Å². The SMILES string of the molecule is COc1cc(Br)c(CN2C(=O)NC(C)(Cc3ccc4c(c3)OCO4)C2=O)cc1OC. The molecule has 0 bridgehead atoms. The van der Waals surface area contributed by atoms with Gasteiger partial charge in [0.1, 0.15) is 5.54 Å². The predicted octanol–water partition coefficient (Wildman–Crippen LogP) is 3.25. The van der Waals surface area contributed by atoms with Gasteiger partial charge < -0.3 is 24.3 Å². The third-order valence-corrected chi connectivity index (χ3v) is 5.96. The van der Waals surface area contributed by atoms with Crippen LogP contribution in [0.15, 0.2) is 34.8 Å². The molecule has 2 aromatic carbocycles. The van der Waals surface area contributed by atoms with Gasteiger partial charge in [-0.3, -0.25) is 9.69 Å². The maximum absolute atomic E-state index is 13.2. The molecule has 158 valence electrons. The molecular formula is C21H21BrN2O6. The lowest BCUT2D eigenvalue weighted by molar-refractivity contribution is -0.131. The minimum atomic E-state index is -1.06. The Morgan fingerprint density at radius 2 is 1.80 bits per heavy atom. The second-order valence-corrected chi connectivity index (χ2v) is 8.17. The summed E-state index contributed by atoms with van der Waals surface area (Å²) in [5, 5.41) is 2.83. The number of imide groups is 1. The van der Waals surface area contributed by atoms with E-state index in [1.807, 2.05) is 12.1 Å². The molecule has 2 heterocycles. The van der Waals surface area contributed by atoms with Crippen LogP contribution in [0.3, 0.4) is 0 Å². The Kier molecular flexibility index (Phi) is 5.23. The van der Waals surface area contributed by atoms with Crippen LogP contribution in [0.4, 0.5) is 4.79 Å². The van der Waals surface area contributed by atoms with Crippen LogP contribution >= 0.6 is 15.9 Å². The molecule has 0 aromatic heterocycles. The molecule has 1 atom stereocenters. The molecule has 0 radical (unpaired) electrons. The zero-order valence-electron chi connectivity index (χ0n) is 16.8. The number of nitrogens with one attached hydrogen (secondary N) is 1. The Morgan fingerprint density at radius 3 is 2.53 bits per heavy atom. The van der Waals surface area contributed by atoms with Crippen molar-refractivity contribution >= 4 is 27.9 Å². The normalized spacial score (nSPS) is 19.8. The smallest absolute Gasteiger partial charge is 0.325 e. The molecule has 2 aliphatic heterocycles. The number of rotatable bonds is 6. The monoisotopic (exact) mass is 476 g/mol. The van der Waals surface area contributed by atoms with Crippen LogP contribution < -0.4 is 24.3 Å². The minimum Gasteiger partial charge on any atom is -0.493 e. The number of halogens is 1. The summed E-state index contributed by atoms with van der Waals surface area (Å²) >= 11 is 3.48. The average molecular weight is 477 g/mol. The molecule has 3 amide bonds. The number of ether oxygens (including phenoxy) is 4. The summed E-state index contributed by atoms with van der Waals surface area (Å²) in [7, 11) is 3.08. The highest BCUT2D eigenvalue weighted by atomic mass is 79.9. The highest BCUT2D eigenvalue weighted by molar-refractivity contribution is 9.10. The largest absolute Gasteiger partial charge is 0.493 e. The highest BCUT2D eigenvalue weighted by Crippen LogP contribution is 2.36. The van der Waals surface area contributed by atoms with Crippen LogP contribution in [0.25, 0.3) is 0 Å². The van der Waals surface area contributed by atoms with Crippen LogP contribution in [0, 0.1) is 0 Å². The number of benzene rings is 2. The molecule has 0 saturated carbocycles. The first-order valence-corrected chi connectivity index (χ1v) is 10.1. The lowest BCUT2D eigenvalue weighted by Crippen LogP contribution is -2.45. The molecule has 30 heavy (non-hydrogen) atoms. The van der Waals surface area contributed by atoms with Crippen molar-refractivity contribution in [3.63, 3.8) is 0 Å². The van der Waals surface area contributed by atoms with Gasteiger partial charge in [0.25, 0.3) is 5.91 Å². The Hall–Kier alpha value is -2.94. The summed E-state index contributed by atoms with van der Waals surface area (Å²) in [4.78, 5) is 27.0. The number of hydrogen-bond acceptors (Lipinski definition) is 6. The molecule has 1 unspecified atom stereocenters. The summed E-state index contributed by atoms with van der Waals surface area (Å²) < 4.78 is 22.1. The van der Waals surface area contributed by atoms with Gasteiger partial charge in [-0.2, -0.15) is 0 Å². The van der Waals surface area contributed by atoms with Crippen molar-refractivity contribution in [3.8, 4) is 23.0 Å². The summed E-state index contributed by atoms with van der Waals surface area (Å²) in [6, 6.07) is 8.56. The molecule has 2 aromatic rings. The van der Waals surface area contributed by atoms with E-state index in [9.17, 15) is 9.59 Å². The molecule has 2 aliphatic rings. The zero-order chi connectivity index (χ0) is 21.5. The van der Waals surface area contributed by atoms with Gasteiger partial charge in [0.05, 0.1) is 20.8 Å².